The Morgan fingerprint density at radius 1 is 1.19 bits per heavy atom. The number of hydrogen-bond acceptors (Lipinski definition) is 6. The maximum absolute atomic E-state index is 13.0. The lowest BCUT2D eigenvalue weighted by Gasteiger charge is -2.12. The van der Waals surface area contributed by atoms with Crippen LogP contribution >= 0.6 is 11.8 Å². The molecule has 0 aliphatic heterocycles. The number of aromatic nitrogens is 4. The summed E-state index contributed by atoms with van der Waals surface area (Å²) in [7, 11) is 0. The highest BCUT2D eigenvalue weighted by Gasteiger charge is 2.18. The molecule has 0 amide bonds. The van der Waals surface area contributed by atoms with Crippen molar-refractivity contribution in [3.8, 4) is 0 Å². The third-order valence-electron chi connectivity index (χ3n) is 4.09. The predicted octanol–water partition coefficient (Wildman–Crippen LogP) is 3.13. The molecule has 0 spiro atoms. The summed E-state index contributed by atoms with van der Waals surface area (Å²) in [6.07, 6.45) is 0.708. The Kier molecular flexibility index (Phi) is 5.84. The zero-order valence-electron chi connectivity index (χ0n) is 16.0. The number of thioether (sulfide) groups is 1. The molecule has 0 N–H and O–H groups in total. The molecule has 27 heavy (non-hydrogen) atoms. The maximum Gasteiger partial charge on any atom is 0.316 e. The molecular formula is C19H24N4O3S. The summed E-state index contributed by atoms with van der Waals surface area (Å²) >= 11 is 1.26. The molecule has 2 aromatic heterocycles. The minimum atomic E-state index is -0.302. The minimum Gasteiger partial charge on any atom is -0.462 e. The average molecular weight is 388 g/mol. The van der Waals surface area contributed by atoms with Gasteiger partial charge in [-0.1, -0.05) is 37.7 Å². The van der Waals surface area contributed by atoms with E-state index in [4.69, 9.17) is 4.74 Å². The number of rotatable bonds is 7. The molecule has 0 aliphatic carbocycles. The second-order valence-corrected chi connectivity index (χ2v) is 8.04. The molecule has 0 saturated carbocycles. The highest BCUT2D eigenvalue weighted by molar-refractivity contribution is 7.99. The summed E-state index contributed by atoms with van der Waals surface area (Å²) in [5, 5.41) is 9.66. The Labute approximate surface area is 161 Å². The van der Waals surface area contributed by atoms with Crippen LogP contribution in [0.15, 0.2) is 34.2 Å². The van der Waals surface area contributed by atoms with Gasteiger partial charge in [0.15, 0.2) is 5.16 Å². The fourth-order valence-corrected chi connectivity index (χ4v) is 3.56. The Morgan fingerprint density at radius 2 is 1.93 bits per heavy atom. The standard InChI is InChI=1S/C19H24N4O3S/c1-12(2)9-10-22-17(25)14-7-5-6-8-15(14)23-18(22)20-21-19(23)27-11-16(24)26-13(3)4/h5-8,12-13H,9-11H2,1-4H3. The molecule has 0 saturated heterocycles. The fraction of sp³-hybridized carbons (Fsp3) is 0.474. The van der Waals surface area contributed by atoms with Gasteiger partial charge in [0.05, 0.1) is 22.8 Å². The third-order valence-corrected chi connectivity index (χ3v) is 5.00. The van der Waals surface area contributed by atoms with Crippen molar-refractivity contribution in [1.29, 1.82) is 0 Å². The van der Waals surface area contributed by atoms with Crippen LogP contribution in [0.2, 0.25) is 0 Å². The summed E-state index contributed by atoms with van der Waals surface area (Å²) in [4.78, 5) is 24.8. The molecule has 2 heterocycles. The highest BCUT2D eigenvalue weighted by Crippen LogP contribution is 2.22. The van der Waals surface area contributed by atoms with Crippen LogP contribution in [0.1, 0.15) is 34.1 Å². The molecule has 0 unspecified atom stereocenters. The number of benzene rings is 1. The number of fused-ring (bicyclic) bond motifs is 3. The summed E-state index contributed by atoms with van der Waals surface area (Å²) in [5.41, 5.74) is 0.671. The van der Waals surface area contributed by atoms with E-state index in [2.05, 4.69) is 24.0 Å². The van der Waals surface area contributed by atoms with Crippen LogP contribution in [-0.4, -0.2) is 37.0 Å². The van der Waals surface area contributed by atoms with Gasteiger partial charge >= 0.3 is 5.97 Å². The van der Waals surface area contributed by atoms with Gasteiger partial charge in [0.1, 0.15) is 0 Å². The predicted molar refractivity (Wildman–Crippen MR) is 106 cm³/mol. The summed E-state index contributed by atoms with van der Waals surface area (Å²) in [5.74, 6) is 0.799. The van der Waals surface area contributed by atoms with Gasteiger partial charge in [-0.25, -0.2) is 0 Å². The van der Waals surface area contributed by atoms with Gasteiger partial charge in [-0.2, -0.15) is 0 Å². The Hall–Kier alpha value is -2.35. The molecule has 0 radical (unpaired) electrons. The van der Waals surface area contributed by atoms with E-state index in [-0.39, 0.29) is 23.4 Å². The molecular weight excluding hydrogens is 364 g/mol. The molecule has 0 aliphatic rings. The van der Waals surface area contributed by atoms with Gasteiger partial charge in [-0.15, -0.1) is 10.2 Å². The van der Waals surface area contributed by atoms with Crippen molar-refractivity contribution in [1.82, 2.24) is 19.2 Å². The highest BCUT2D eigenvalue weighted by atomic mass is 32.2. The van der Waals surface area contributed by atoms with Crippen LogP contribution < -0.4 is 5.56 Å². The zero-order chi connectivity index (χ0) is 19.6. The minimum absolute atomic E-state index is 0.0677. The monoisotopic (exact) mass is 388 g/mol. The second-order valence-electron chi connectivity index (χ2n) is 7.10. The molecule has 0 bridgehead atoms. The van der Waals surface area contributed by atoms with Crippen LogP contribution in [-0.2, 0) is 16.1 Å². The van der Waals surface area contributed by atoms with Gasteiger partial charge in [-0.3, -0.25) is 18.6 Å². The molecule has 8 heteroatoms. The van der Waals surface area contributed by atoms with Crippen molar-refractivity contribution in [3.05, 3.63) is 34.6 Å². The summed E-state index contributed by atoms with van der Waals surface area (Å²) < 4.78 is 8.71. The van der Waals surface area contributed by atoms with Crippen molar-refractivity contribution < 1.29 is 9.53 Å². The number of ether oxygens (including phenoxy) is 1. The summed E-state index contributed by atoms with van der Waals surface area (Å²) in [6, 6.07) is 7.40. The van der Waals surface area contributed by atoms with E-state index in [1.54, 1.807) is 4.57 Å². The van der Waals surface area contributed by atoms with Crippen molar-refractivity contribution in [2.45, 2.75) is 51.9 Å². The quantitative estimate of drug-likeness (QED) is 0.457. The molecule has 144 valence electrons. The smallest absolute Gasteiger partial charge is 0.316 e. The number of carbonyl (C=O) groups excluding carboxylic acids is 1. The van der Waals surface area contributed by atoms with Crippen LogP contribution in [0.25, 0.3) is 16.7 Å². The van der Waals surface area contributed by atoms with Crippen molar-refractivity contribution in [2.24, 2.45) is 5.92 Å². The van der Waals surface area contributed by atoms with Crippen LogP contribution in [0.3, 0.4) is 0 Å². The first-order valence-corrected chi connectivity index (χ1v) is 10.1. The normalized spacial score (nSPS) is 11.8. The number of hydrogen-bond donors (Lipinski definition) is 0. The number of aryl methyl sites for hydroxylation is 1. The molecule has 0 atom stereocenters. The first-order chi connectivity index (χ1) is 12.9. The molecule has 0 fully saturated rings. The zero-order valence-corrected chi connectivity index (χ0v) is 16.8. The second kappa shape index (κ2) is 8.12. The van der Waals surface area contributed by atoms with Crippen molar-refractivity contribution in [3.63, 3.8) is 0 Å². The van der Waals surface area contributed by atoms with Gasteiger partial charge < -0.3 is 4.74 Å². The molecule has 3 aromatic rings. The van der Waals surface area contributed by atoms with E-state index in [1.165, 1.54) is 11.8 Å². The lowest BCUT2D eigenvalue weighted by Crippen LogP contribution is -2.24. The van der Waals surface area contributed by atoms with Gasteiger partial charge in [0.25, 0.3) is 5.56 Å². The van der Waals surface area contributed by atoms with Crippen LogP contribution in [0.5, 0.6) is 0 Å². The largest absolute Gasteiger partial charge is 0.462 e. The van der Waals surface area contributed by atoms with Gasteiger partial charge in [-0.05, 0) is 38.3 Å². The van der Waals surface area contributed by atoms with E-state index in [0.29, 0.717) is 28.8 Å². The van der Waals surface area contributed by atoms with Gasteiger partial charge in [0, 0.05) is 6.54 Å². The molecule has 1 aromatic carbocycles. The van der Waals surface area contributed by atoms with Crippen molar-refractivity contribution >= 4 is 34.4 Å². The Balaban J connectivity index is 2.07. The van der Waals surface area contributed by atoms with E-state index in [9.17, 15) is 9.59 Å². The van der Waals surface area contributed by atoms with E-state index in [0.717, 1.165) is 11.9 Å². The number of esters is 1. The maximum atomic E-state index is 13.0. The van der Waals surface area contributed by atoms with E-state index >= 15 is 0 Å². The molecule has 7 nitrogen and oxygen atoms in total. The lowest BCUT2D eigenvalue weighted by molar-refractivity contribution is -0.144. The topological polar surface area (TPSA) is 78.5 Å². The van der Waals surface area contributed by atoms with Crippen molar-refractivity contribution in [2.75, 3.05) is 5.75 Å². The van der Waals surface area contributed by atoms with Crippen LogP contribution in [0.4, 0.5) is 0 Å². The number of para-hydroxylation sites is 1. The SMILES string of the molecule is CC(C)CCn1c(=O)c2ccccc2n2c(SCC(=O)OC(C)C)nnc12. The Morgan fingerprint density at radius 3 is 2.63 bits per heavy atom. The Bertz CT molecular complexity index is 1020. The average Bonchev–Trinajstić information content (AvgIpc) is 3.03. The third kappa shape index (κ3) is 4.16. The number of nitrogens with zero attached hydrogens (tertiary/aromatic N) is 4. The summed E-state index contributed by atoms with van der Waals surface area (Å²) in [6.45, 7) is 8.44. The van der Waals surface area contributed by atoms with E-state index in [1.807, 2.05) is 42.5 Å². The van der Waals surface area contributed by atoms with Gasteiger partial charge in [0.2, 0.25) is 5.78 Å². The first-order valence-electron chi connectivity index (χ1n) is 9.07. The first kappa shape index (κ1) is 19.4. The van der Waals surface area contributed by atoms with Crippen LogP contribution in [0, 0.1) is 5.92 Å². The van der Waals surface area contributed by atoms with E-state index < -0.39 is 0 Å². The number of carbonyl (C=O) groups is 1. The molecule has 3 rings (SSSR count). The lowest BCUT2D eigenvalue weighted by atomic mass is 10.1. The fourth-order valence-electron chi connectivity index (χ4n) is 2.84.